The maximum Gasteiger partial charge on any atom is -0.0343 e. The van der Waals surface area contributed by atoms with Gasteiger partial charge in [0.15, 0.2) is 0 Å². The lowest BCUT2D eigenvalue weighted by Crippen LogP contribution is -1.77. The standard InChI is InChI=1S/C10H20S.C9H18S/c1-2-3-4-5-6-7-8-9-10-11;1-2-3-4-5-6-7-8-9-10/h9-11H,2-8H2,1H3;8-10H,2-7H2,1H3. The highest BCUT2D eigenvalue weighted by Crippen LogP contribution is 2.07. The minimum absolute atomic E-state index is 1.20. The number of hydrogen-bond donors (Lipinski definition) is 2. The van der Waals surface area contributed by atoms with Crippen LogP contribution in [0.5, 0.6) is 0 Å². The van der Waals surface area contributed by atoms with Crippen LogP contribution in [0.15, 0.2) is 23.0 Å². The molecule has 0 aromatic heterocycles. The maximum atomic E-state index is 4.00. The Morgan fingerprint density at radius 1 is 0.524 bits per heavy atom. The lowest BCUT2D eigenvalue weighted by molar-refractivity contribution is 0.611. The van der Waals surface area contributed by atoms with Crippen LogP contribution in [0.25, 0.3) is 0 Å². The average Bonchev–Trinajstić information content (AvgIpc) is 2.51. The summed E-state index contributed by atoms with van der Waals surface area (Å²) in [5, 5.41) is 3.67. The Balaban J connectivity index is 0. The highest BCUT2D eigenvalue weighted by atomic mass is 32.1. The Morgan fingerprint density at radius 3 is 1.19 bits per heavy atom. The molecule has 2 heteroatoms. The van der Waals surface area contributed by atoms with Gasteiger partial charge in [0, 0.05) is 0 Å². The Bertz CT molecular complexity index is 210. The van der Waals surface area contributed by atoms with E-state index in [1.165, 1.54) is 83.5 Å². The normalized spacial score (nSPS) is 11.0. The van der Waals surface area contributed by atoms with E-state index in [9.17, 15) is 0 Å². The highest BCUT2D eigenvalue weighted by molar-refractivity contribution is 7.83. The molecule has 0 amide bonds. The molecule has 0 aromatic carbocycles. The molecular formula is C19H38S2. The number of thiol groups is 2. The van der Waals surface area contributed by atoms with E-state index in [0.717, 1.165) is 0 Å². The summed E-state index contributed by atoms with van der Waals surface area (Å²) in [6, 6.07) is 0. The van der Waals surface area contributed by atoms with E-state index in [2.05, 4.69) is 51.3 Å². The van der Waals surface area contributed by atoms with Crippen LogP contribution >= 0.6 is 25.3 Å². The molecule has 0 bridgehead atoms. The van der Waals surface area contributed by atoms with Crippen molar-refractivity contribution in [3.63, 3.8) is 0 Å². The van der Waals surface area contributed by atoms with Gasteiger partial charge in [0.1, 0.15) is 0 Å². The van der Waals surface area contributed by atoms with Gasteiger partial charge >= 0.3 is 0 Å². The molecular weight excluding hydrogens is 292 g/mol. The molecule has 0 heterocycles. The van der Waals surface area contributed by atoms with E-state index >= 15 is 0 Å². The third-order valence-electron chi connectivity index (χ3n) is 3.41. The van der Waals surface area contributed by atoms with E-state index in [1.54, 1.807) is 0 Å². The van der Waals surface area contributed by atoms with Gasteiger partial charge in [0.25, 0.3) is 0 Å². The molecule has 0 aliphatic rings. The van der Waals surface area contributed by atoms with Gasteiger partial charge in [-0.25, -0.2) is 0 Å². The third kappa shape index (κ3) is 28.9. The summed E-state index contributed by atoms with van der Waals surface area (Å²) >= 11 is 7.98. The fraction of sp³-hybridized carbons (Fsp3) is 0.789. The Kier molecular flexibility index (Phi) is 28.1. The fourth-order valence-electron chi connectivity index (χ4n) is 2.06. The van der Waals surface area contributed by atoms with Crippen molar-refractivity contribution in [3.8, 4) is 0 Å². The molecule has 0 atom stereocenters. The molecule has 0 aliphatic carbocycles. The molecule has 0 radical (unpaired) electrons. The van der Waals surface area contributed by atoms with Gasteiger partial charge in [-0.05, 0) is 36.5 Å². The molecule has 0 unspecified atom stereocenters. The van der Waals surface area contributed by atoms with Crippen molar-refractivity contribution in [1.29, 1.82) is 0 Å². The van der Waals surface area contributed by atoms with E-state index < -0.39 is 0 Å². The zero-order valence-electron chi connectivity index (χ0n) is 14.4. The first-order valence-electron chi connectivity index (χ1n) is 8.91. The van der Waals surface area contributed by atoms with Gasteiger partial charge in [0.05, 0.1) is 0 Å². The zero-order valence-corrected chi connectivity index (χ0v) is 16.2. The largest absolute Gasteiger partial charge is 0.152 e. The van der Waals surface area contributed by atoms with Crippen molar-refractivity contribution in [2.75, 3.05) is 0 Å². The molecule has 126 valence electrons. The molecule has 0 saturated carbocycles. The van der Waals surface area contributed by atoms with Crippen LogP contribution in [0, 0.1) is 0 Å². The van der Waals surface area contributed by atoms with Gasteiger partial charge in [0.2, 0.25) is 0 Å². The predicted octanol–water partition coefficient (Wildman–Crippen LogP) is 7.97. The van der Waals surface area contributed by atoms with Crippen molar-refractivity contribution < 1.29 is 0 Å². The smallest absolute Gasteiger partial charge is 0.0343 e. The van der Waals surface area contributed by atoms with Gasteiger partial charge < -0.3 is 0 Å². The molecule has 0 rings (SSSR count). The lowest BCUT2D eigenvalue weighted by atomic mass is 10.1. The van der Waals surface area contributed by atoms with E-state index in [1.807, 2.05) is 10.8 Å². The average molecular weight is 331 g/mol. The van der Waals surface area contributed by atoms with Crippen molar-refractivity contribution in [2.45, 2.75) is 97.3 Å². The fourth-order valence-corrected chi connectivity index (χ4v) is 2.36. The summed E-state index contributed by atoms with van der Waals surface area (Å²) in [6.07, 6.45) is 21.8. The monoisotopic (exact) mass is 330 g/mol. The molecule has 0 spiro atoms. The number of unbranched alkanes of at least 4 members (excludes halogenated alkanes) is 11. The van der Waals surface area contributed by atoms with E-state index in [4.69, 9.17) is 0 Å². The Labute approximate surface area is 145 Å². The molecule has 0 saturated heterocycles. The summed E-state index contributed by atoms with van der Waals surface area (Å²) in [5.41, 5.74) is 0. The van der Waals surface area contributed by atoms with Crippen LogP contribution in [-0.4, -0.2) is 0 Å². The second-order valence-electron chi connectivity index (χ2n) is 5.53. The van der Waals surface area contributed by atoms with E-state index in [-0.39, 0.29) is 0 Å². The molecule has 0 aliphatic heterocycles. The van der Waals surface area contributed by atoms with Gasteiger partial charge in [-0.2, -0.15) is 25.3 Å². The van der Waals surface area contributed by atoms with Crippen molar-refractivity contribution in [2.24, 2.45) is 0 Å². The van der Waals surface area contributed by atoms with Crippen molar-refractivity contribution in [3.05, 3.63) is 23.0 Å². The lowest BCUT2D eigenvalue weighted by Gasteiger charge is -1.96. The van der Waals surface area contributed by atoms with Crippen molar-refractivity contribution >= 4 is 25.3 Å². The Morgan fingerprint density at radius 2 is 0.857 bits per heavy atom. The summed E-state index contributed by atoms with van der Waals surface area (Å²) < 4.78 is 0. The minimum Gasteiger partial charge on any atom is -0.152 e. The van der Waals surface area contributed by atoms with Crippen LogP contribution in [0.3, 0.4) is 0 Å². The summed E-state index contributed by atoms with van der Waals surface area (Å²) in [7, 11) is 0. The summed E-state index contributed by atoms with van der Waals surface area (Å²) in [6.45, 7) is 4.50. The van der Waals surface area contributed by atoms with Gasteiger partial charge in [-0.1, -0.05) is 83.8 Å². The number of allylic oxidation sites excluding steroid dienone is 2. The van der Waals surface area contributed by atoms with Gasteiger partial charge in [-0.3, -0.25) is 0 Å². The first kappa shape index (κ1) is 23.4. The predicted molar refractivity (Wildman–Crippen MR) is 108 cm³/mol. The zero-order chi connectivity index (χ0) is 16.0. The number of hydrogen-bond acceptors (Lipinski definition) is 2. The second-order valence-corrected chi connectivity index (χ2v) is 6.13. The topological polar surface area (TPSA) is 0 Å². The van der Waals surface area contributed by atoms with Crippen LogP contribution in [0.2, 0.25) is 0 Å². The van der Waals surface area contributed by atoms with Crippen LogP contribution in [-0.2, 0) is 0 Å². The SMILES string of the molecule is CCCCCCCC=CS.CCCCCCCCC=CS. The Hall–Kier alpha value is 0.180. The van der Waals surface area contributed by atoms with Crippen molar-refractivity contribution in [1.82, 2.24) is 0 Å². The molecule has 0 aromatic rings. The van der Waals surface area contributed by atoms with Gasteiger partial charge in [-0.15, -0.1) is 0 Å². The maximum absolute atomic E-state index is 4.00. The van der Waals surface area contributed by atoms with E-state index in [0.29, 0.717) is 0 Å². The highest BCUT2D eigenvalue weighted by Gasteiger charge is 1.87. The van der Waals surface area contributed by atoms with Crippen LogP contribution in [0.1, 0.15) is 97.3 Å². The first-order valence-corrected chi connectivity index (χ1v) is 9.95. The second kappa shape index (κ2) is 25.2. The minimum atomic E-state index is 1.20. The first-order chi connectivity index (χ1) is 10.3. The molecule has 0 fully saturated rings. The molecule has 21 heavy (non-hydrogen) atoms. The van der Waals surface area contributed by atoms with Crippen LogP contribution in [0.4, 0.5) is 0 Å². The third-order valence-corrected chi connectivity index (χ3v) is 3.83. The number of rotatable bonds is 13. The molecule has 0 nitrogen and oxygen atoms in total. The van der Waals surface area contributed by atoms with Crippen LogP contribution < -0.4 is 0 Å². The molecule has 0 N–H and O–H groups in total. The summed E-state index contributed by atoms with van der Waals surface area (Å²) in [4.78, 5) is 0. The summed E-state index contributed by atoms with van der Waals surface area (Å²) in [5.74, 6) is 0. The quantitative estimate of drug-likeness (QED) is 0.248.